The third-order valence-electron chi connectivity index (χ3n) is 2.31. The summed E-state index contributed by atoms with van der Waals surface area (Å²) in [6.07, 6.45) is 4.00. The summed E-state index contributed by atoms with van der Waals surface area (Å²) >= 11 is 0. The third kappa shape index (κ3) is 3.09. The molecule has 0 aliphatic heterocycles. The minimum atomic E-state index is -1.06. The molecule has 0 saturated carbocycles. The molecule has 0 radical (unpaired) electrons. The largest absolute Gasteiger partial charge is 0.478 e. The van der Waals surface area contributed by atoms with Gasteiger partial charge in [0, 0.05) is 0 Å². The van der Waals surface area contributed by atoms with E-state index in [1.807, 2.05) is 0 Å². The summed E-state index contributed by atoms with van der Waals surface area (Å²) < 4.78 is 4.99. The normalized spacial score (nSPS) is 12.7. The lowest BCUT2D eigenvalue weighted by Crippen LogP contribution is -2.04. The van der Waals surface area contributed by atoms with Gasteiger partial charge in [0.2, 0.25) is 0 Å². The first-order valence-electron chi connectivity index (χ1n) is 5.15. The highest BCUT2D eigenvalue weighted by Crippen LogP contribution is 2.24. The highest BCUT2D eigenvalue weighted by molar-refractivity contribution is 5.88. The Bertz CT molecular complexity index is 316. The number of aliphatic hydroxyl groups excluding tert-OH is 1. The summed E-state index contributed by atoms with van der Waals surface area (Å²) in [6.45, 7) is 2.07. The highest BCUT2D eigenvalue weighted by atomic mass is 16.4. The minimum absolute atomic E-state index is 0.0546. The molecule has 1 aromatic rings. The van der Waals surface area contributed by atoms with Crippen LogP contribution in [0.4, 0.5) is 0 Å². The van der Waals surface area contributed by atoms with Gasteiger partial charge in [0.25, 0.3) is 0 Å². The van der Waals surface area contributed by atoms with Crippen LogP contribution in [0, 0.1) is 0 Å². The van der Waals surface area contributed by atoms with Gasteiger partial charge in [-0.15, -0.1) is 0 Å². The molecule has 0 aliphatic carbocycles. The number of unbranched alkanes of at least 4 members (excludes halogenated alkanes) is 2. The van der Waals surface area contributed by atoms with Gasteiger partial charge in [0.1, 0.15) is 17.4 Å². The molecule has 15 heavy (non-hydrogen) atoms. The summed E-state index contributed by atoms with van der Waals surface area (Å²) in [6, 6.07) is 1.36. The van der Waals surface area contributed by atoms with Crippen LogP contribution in [0.25, 0.3) is 0 Å². The number of carbonyl (C=O) groups is 1. The van der Waals surface area contributed by atoms with E-state index in [2.05, 4.69) is 6.92 Å². The van der Waals surface area contributed by atoms with Crippen LogP contribution in [0.2, 0.25) is 0 Å². The van der Waals surface area contributed by atoms with Crippen LogP contribution < -0.4 is 0 Å². The molecule has 0 bridgehead atoms. The fraction of sp³-hybridized carbons (Fsp3) is 0.545. The van der Waals surface area contributed by atoms with E-state index in [0.29, 0.717) is 6.42 Å². The number of aliphatic hydroxyl groups is 1. The first kappa shape index (κ1) is 11.8. The number of hydrogen-bond donors (Lipinski definition) is 2. The van der Waals surface area contributed by atoms with E-state index in [9.17, 15) is 9.90 Å². The average Bonchev–Trinajstić information content (AvgIpc) is 2.66. The number of furan rings is 1. The van der Waals surface area contributed by atoms with Gasteiger partial charge >= 0.3 is 5.97 Å². The molecule has 0 saturated heterocycles. The topological polar surface area (TPSA) is 70.7 Å². The van der Waals surface area contributed by atoms with Gasteiger partial charge in [0.15, 0.2) is 0 Å². The van der Waals surface area contributed by atoms with Gasteiger partial charge < -0.3 is 14.6 Å². The van der Waals surface area contributed by atoms with Crippen molar-refractivity contribution in [1.82, 2.24) is 0 Å². The molecule has 0 fully saturated rings. The lowest BCUT2D eigenvalue weighted by Gasteiger charge is -2.07. The monoisotopic (exact) mass is 212 g/mol. The maximum absolute atomic E-state index is 10.7. The summed E-state index contributed by atoms with van der Waals surface area (Å²) in [5.74, 6) is -0.896. The van der Waals surface area contributed by atoms with Crippen molar-refractivity contribution in [2.24, 2.45) is 0 Å². The van der Waals surface area contributed by atoms with Gasteiger partial charge in [-0.1, -0.05) is 26.2 Å². The Morgan fingerprint density at radius 1 is 1.53 bits per heavy atom. The fourth-order valence-electron chi connectivity index (χ4n) is 1.47. The Labute approximate surface area is 88.5 Å². The summed E-state index contributed by atoms with van der Waals surface area (Å²) in [5.41, 5.74) is 0.0546. The zero-order valence-corrected chi connectivity index (χ0v) is 8.77. The summed E-state index contributed by atoms with van der Waals surface area (Å²) in [4.78, 5) is 10.7. The Morgan fingerprint density at radius 3 is 2.87 bits per heavy atom. The maximum atomic E-state index is 10.7. The summed E-state index contributed by atoms with van der Waals surface area (Å²) in [5, 5.41) is 18.5. The van der Waals surface area contributed by atoms with Crippen molar-refractivity contribution in [3.8, 4) is 0 Å². The number of carboxylic acids is 1. The first-order chi connectivity index (χ1) is 7.16. The second-order valence-corrected chi connectivity index (χ2v) is 3.52. The molecule has 0 aromatic carbocycles. The second-order valence-electron chi connectivity index (χ2n) is 3.52. The van der Waals surface area contributed by atoms with Gasteiger partial charge in [-0.25, -0.2) is 4.79 Å². The Kier molecular flexibility index (Phi) is 4.37. The number of aromatic carboxylic acids is 1. The smallest absolute Gasteiger partial charge is 0.339 e. The van der Waals surface area contributed by atoms with Gasteiger partial charge in [-0.3, -0.25) is 0 Å². The lowest BCUT2D eigenvalue weighted by molar-refractivity contribution is 0.0680. The van der Waals surface area contributed by atoms with Gasteiger partial charge in [-0.2, -0.15) is 0 Å². The standard InChI is InChI=1S/C11H16O4/c1-2-3-4-5-9(12)10-8(11(13)14)6-7-15-10/h6-7,9,12H,2-5H2,1H3,(H,13,14). The van der Waals surface area contributed by atoms with Crippen molar-refractivity contribution in [3.63, 3.8) is 0 Å². The maximum Gasteiger partial charge on any atom is 0.339 e. The Hall–Kier alpha value is -1.29. The predicted molar refractivity (Wildman–Crippen MR) is 54.8 cm³/mol. The van der Waals surface area contributed by atoms with Crippen molar-refractivity contribution in [1.29, 1.82) is 0 Å². The second kappa shape index (κ2) is 5.56. The molecule has 0 aliphatic rings. The van der Waals surface area contributed by atoms with Crippen LogP contribution in [-0.2, 0) is 0 Å². The molecule has 1 atom stereocenters. The van der Waals surface area contributed by atoms with E-state index in [1.165, 1.54) is 12.3 Å². The van der Waals surface area contributed by atoms with E-state index >= 15 is 0 Å². The van der Waals surface area contributed by atoms with Gasteiger partial charge in [-0.05, 0) is 12.5 Å². The number of rotatable bonds is 6. The lowest BCUT2D eigenvalue weighted by atomic mass is 10.1. The van der Waals surface area contributed by atoms with Gasteiger partial charge in [0.05, 0.1) is 6.26 Å². The molecular formula is C11H16O4. The molecule has 4 nitrogen and oxygen atoms in total. The zero-order chi connectivity index (χ0) is 11.3. The number of hydrogen-bond acceptors (Lipinski definition) is 3. The molecule has 2 N–H and O–H groups in total. The van der Waals surface area contributed by atoms with Crippen LogP contribution in [0.5, 0.6) is 0 Å². The Morgan fingerprint density at radius 2 is 2.27 bits per heavy atom. The predicted octanol–water partition coefficient (Wildman–Crippen LogP) is 2.59. The van der Waals surface area contributed by atoms with E-state index in [0.717, 1.165) is 19.3 Å². The van der Waals surface area contributed by atoms with Crippen LogP contribution in [0.3, 0.4) is 0 Å². The molecule has 1 rings (SSSR count). The molecule has 0 spiro atoms. The van der Waals surface area contributed by atoms with Crippen molar-refractivity contribution in [3.05, 3.63) is 23.7 Å². The van der Waals surface area contributed by atoms with Crippen LogP contribution in [0.15, 0.2) is 16.7 Å². The van der Waals surface area contributed by atoms with Crippen LogP contribution in [0.1, 0.15) is 54.8 Å². The molecule has 1 heterocycles. The molecular weight excluding hydrogens is 196 g/mol. The highest BCUT2D eigenvalue weighted by Gasteiger charge is 2.19. The molecule has 1 aromatic heterocycles. The quantitative estimate of drug-likeness (QED) is 0.711. The van der Waals surface area contributed by atoms with Crippen molar-refractivity contribution >= 4 is 5.97 Å². The third-order valence-corrected chi connectivity index (χ3v) is 2.31. The summed E-state index contributed by atoms with van der Waals surface area (Å²) in [7, 11) is 0. The number of carboxylic acid groups (broad SMARTS) is 1. The molecule has 0 amide bonds. The average molecular weight is 212 g/mol. The van der Waals surface area contributed by atoms with Crippen LogP contribution in [-0.4, -0.2) is 16.2 Å². The van der Waals surface area contributed by atoms with Crippen LogP contribution >= 0.6 is 0 Å². The van der Waals surface area contributed by atoms with Crippen molar-refractivity contribution < 1.29 is 19.4 Å². The Balaban J connectivity index is 2.60. The van der Waals surface area contributed by atoms with E-state index in [1.54, 1.807) is 0 Å². The van der Waals surface area contributed by atoms with E-state index in [4.69, 9.17) is 9.52 Å². The zero-order valence-electron chi connectivity index (χ0n) is 8.77. The fourth-order valence-corrected chi connectivity index (χ4v) is 1.47. The van der Waals surface area contributed by atoms with Crippen molar-refractivity contribution in [2.75, 3.05) is 0 Å². The van der Waals surface area contributed by atoms with E-state index in [-0.39, 0.29) is 11.3 Å². The molecule has 1 unspecified atom stereocenters. The SMILES string of the molecule is CCCCCC(O)c1occc1C(=O)O. The first-order valence-corrected chi connectivity index (χ1v) is 5.15. The van der Waals surface area contributed by atoms with E-state index < -0.39 is 12.1 Å². The molecule has 4 heteroatoms. The molecule has 84 valence electrons. The van der Waals surface area contributed by atoms with Crippen molar-refractivity contribution in [2.45, 2.75) is 38.7 Å². The minimum Gasteiger partial charge on any atom is -0.478 e.